The summed E-state index contributed by atoms with van der Waals surface area (Å²) in [6.45, 7) is 0. The van der Waals surface area contributed by atoms with E-state index in [2.05, 4.69) is 15.6 Å². The number of urea groups is 1. The van der Waals surface area contributed by atoms with Crippen molar-refractivity contribution in [3.05, 3.63) is 112 Å². The average molecular weight is 562 g/mol. The Morgan fingerprint density at radius 3 is 2.15 bits per heavy atom. The Morgan fingerprint density at radius 1 is 0.821 bits per heavy atom. The van der Waals surface area contributed by atoms with Gasteiger partial charge in [-0.2, -0.15) is 0 Å². The summed E-state index contributed by atoms with van der Waals surface area (Å²) in [5, 5.41) is 15.7. The van der Waals surface area contributed by atoms with Gasteiger partial charge in [0.1, 0.15) is 0 Å². The lowest BCUT2D eigenvalue weighted by Crippen LogP contribution is -2.19. The smallest absolute Gasteiger partial charge is 0.323 e. The van der Waals surface area contributed by atoms with Crippen molar-refractivity contribution < 1.29 is 19.5 Å². The van der Waals surface area contributed by atoms with Crippen molar-refractivity contribution in [3.63, 3.8) is 0 Å². The molecule has 0 fully saturated rings. The molecular formula is C30H25Cl2N3O4. The van der Waals surface area contributed by atoms with Crippen LogP contribution in [0.2, 0.25) is 10.0 Å². The van der Waals surface area contributed by atoms with Gasteiger partial charge in [0.25, 0.3) is 0 Å². The molecule has 3 N–H and O–H groups in total. The fourth-order valence-corrected chi connectivity index (χ4v) is 4.27. The number of rotatable bonds is 10. The van der Waals surface area contributed by atoms with E-state index in [0.717, 1.165) is 11.1 Å². The van der Waals surface area contributed by atoms with Gasteiger partial charge in [0.2, 0.25) is 0 Å². The zero-order valence-electron chi connectivity index (χ0n) is 20.7. The van der Waals surface area contributed by atoms with Crippen molar-refractivity contribution in [2.45, 2.75) is 19.3 Å². The van der Waals surface area contributed by atoms with Crippen LogP contribution in [0, 0.1) is 5.92 Å². The zero-order chi connectivity index (χ0) is 27.8. The molecule has 39 heavy (non-hydrogen) atoms. The van der Waals surface area contributed by atoms with Gasteiger partial charge in [0, 0.05) is 23.2 Å². The maximum atomic E-state index is 12.8. The molecule has 1 atom stereocenters. The van der Waals surface area contributed by atoms with Crippen molar-refractivity contribution in [3.8, 4) is 11.3 Å². The van der Waals surface area contributed by atoms with Crippen LogP contribution in [0.25, 0.3) is 11.3 Å². The Morgan fingerprint density at radius 2 is 1.51 bits per heavy atom. The number of hydrogen-bond donors (Lipinski definition) is 3. The number of carboxylic acids is 1. The van der Waals surface area contributed by atoms with E-state index in [0.29, 0.717) is 45.5 Å². The number of nitrogens with one attached hydrogen (secondary N) is 2. The van der Waals surface area contributed by atoms with Crippen molar-refractivity contribution in [2.75, 3.05) is 10.6 Å². The molecule has 0 aliphatic carbocycles. The number of aromatic nitrogens is 1. The molecule has 0 radical (unpaired) electrons. The Balaban J connectivity index is 1.33. The molecule has 1 aromatic heterocycles. The highest BCUT2D eigenvalue weighted by Gasteiger charge is 2.22. The number of benzene rings is 3. The molecule has 9 heteroatoms. The van der Waals surface area contributed by atoms with Crippen LogP contribution in [0.4, 0.5) is 16.2 Å². The lowest BCUT2D eigenvalue weighted by molar-refractivity contribution is -0.141. The number of aryl methyl sites for hydroxylation is 1. The highest BCUT2D eigenvalue weighted by atomic mass is 35.5. The summed E-state index contributed by atoms with van der Waals surface area (Å²) >= 11 is 11.9. The number of carboxylic acid groups (broad SMARTS) is 1. The van der Waals surface area contributed by atoms with Crippen LogP contribution in [0.1, 0.15) is 28.8 Å². The molecule has 3 aromatic carbocycles. The summed E-state index contributed by atoms with van der Waals surface area (Å²) in [6.07, 6.45) is 2.44. The zero-order valence-corrected chi connectivity index (χ0v) is 22.2. The minimum Gasteiger partial charge on any atom is -0.481 e. The van der Waals surface area contributed by atoms with Crippen LogP contribution in [0.5, 0.6) is 0 Å². The van der Waals surface area contributed by atoms with Crippen LogP contribution < -0.4 is 10.6 Å². The van der Waals surface area contributed by atoms with E-state index in [-0.39, 0.29) is 12.2 Å². The largest absolute Gasteiger partial charge is 0.481 e. The molecule has 2 amide bonds. The van der Waals surface area contributed by atoms with Gasteiger partial charge < -0.3 is 15.7 Å². The second kappa shape index (κ2) is 13.0. The third-order valence-electron chi connectivity index (χ3n) is 6.11. The number of pyridine rings is 1. The fraction of sp³-hybridized carbons (Fsp3) is 0.133. The van der Waals surface area contributed by atoms with E-state index in [1.54, 1.807) is 54.6 Å². The molecule has 0 saturated carbocycles. The molecule has 4 aromatic rings. The summed E-state index contributed by atoms with van der Waals surface area (Å²) in [6, 6.07) is 24.3. The van der Waals surface area contributed by atoms with Crippen molar-refractivity contribution >= 4 is 52.4 Å². The quantitative estimate of drug-likeness (QED) is 0.173. The molecule has 4 rings (SSSR count). The van der Waals surface area contributed by atoms with Gasteiger partial charge in [-0.15, -0.1) is 0 Å². The molecule has 1 unspecified atom stereocenters. The highest BCUT2D eigenvalue weighted by molar-refractivity contribution is 6.42. The number of carbonyl (C=O) groups is 3. The van der Waals surface area contributed by atoms with E-state index < -0.39 is 17.9 Å². The maximum Gasteiger partial charge on any atom is 0.323 e. The molecule has 0 spiro atoms. The Hall–Kier alpha value is -4.20. The molecule has 198 valence electrons. The molecular weight excluding hydrogens is 537 g/mol. The fourth-order valence-electron chi connectivity index (χ4n) is 3.97. The Labute approximate surface area is 235 Å². The third kappa shape index (κ3) is 7.89. The van der Waals surface area contributed by atoms with E-state index >= 15 is 0 Å². The van der Waals surface area contributed by atoms with E-state index in [9.17, 15) is 19.5 Å². The van der Waals surface area contributed by atoms with Gasteiger partial charge in [0.05, 0.1) is 33.5 Å². The normalized spacial score (nSPS) is 11.4. The summed E-state index contributed by atoms with van der Waals surface area (Å²) in [7, 11) is 0. The summed E-state index contributed by atoms with van der Waals surface area (Å²) < 4.78 is 0. The molecule has 1 heterocycles. The lowest BCUT2D eigenvalue weighted by atomic mass is 9.92. The Bertz CT molecular complexity index is 1460. The Kier molecular flexibility index (Phi) is 9.31. The molecule has 0 saturated heterocycles. The van der Waals surface area contributed by atoms with Crippen LogP contribution >= 0.6 is 23.2 Å². The summed E-state index contributed by atoms with van der Waals surface area (Å²) in [4.78, 5) is 41.2. The standard InChI is InChI=1S/C30H25Cl2N3O4/c31-25-14-12-23(17-26(25)32)34-30(39)35-24-13-15-27(33-18-24)20-8-10-21(11-9-20)28(36)16-22(29(37)38)7-6-19-4-2-1-3-5-19/h1-5,8-15,17-18,22H,6-7,16H2,(H,37,38)(H2,34,35,39). The van der Waals surface area contributed by atoms with Crippen LogP contribution in [0.3, 0.4) is 0 Å². The number of hydrogen-bond acceptors (Lipinski definition) is 4. The van der Waals surface area contributed by atoms with Crippen molar-refractivity contribution in [1.29, 1.82) is 0 Å². The minimum atomic E-state index is -0.973. The number of halogens is 2. The molecule has 0 bridgehead atoms. The van der Waals surface area contributed by atoms with E-state index in [1.165, 1.54) is 6.20 Å². The molecule has 7 nitrogen and oxygen atoms in total. The summed E-state index contributed by atoms with van der Waals surface area (Å²) in [5.41, 5.74) is 3.89. The molecule has 0 aliphatic rings. The minimum absolute atomic E-state index is 0.0651. The number of aliphatic carboxylic acids is 1. The van der Waals surface area contributed by atoms with E-state index in [4.69, 9.17) is 23.2 Å². The van der Waals surface area contributed by atoms with Crippen LogP contribution in [-0.4, -0.2) is 27.9 Å². The first kappa shape index (κ1) is 27.8. The van der Waals surface area contributed by atoms with Crippen LogP contribution in [0.15, 0.2) is 91.1 Å². The number of nitrogens with zero attached hydrogens (tertiary/aromatic N) is 1. The second-order valence-electron chi connectivity index (χ2n) is 8.90. The number of Topliss-reactive ketones (excluding diaryl/α,β-unsaturated/α-hetero) is 1. The molecule has 0 aliphatic heterocycles. The first-order valence-electron chi connectivity index (χ1n) is 12.2. The number of ketones is 1. The van der Waals surface area contributed by atoms with E-state index in [1.807, 2.05) is 30.3 Å². The monoisotopic (exact) mass is 561 g/mol. The van der Waals surface area contributed by atoms with Gasteiger partial charge in [0.15, 0.2) is 5.78 Å². The van der Waals surface area contributed by atoms with Gasteiger partial charge >= 0.3 is 12.0 Å². The third-order valence-corrected chi connectivity index (χ3v) is 6.85. The van der Waals surface area contributed by atoms with Gasteiger partial charge in [-0.3, -0.25) is 14.6 Å². The van der Waals surface area contributed by atoms with Gasteiger partial charge in [-0.05, 0) is 48.7 Å². The number of amides is 2. The lowest BCUT2D eigenvalue weighted by Gasteiger charge is -2.12. The second-order valence-corrected chi connectivity index (χ2v) is 9.72. The van der Waals surface area contributed by atoms with Crippen molar-refractivity contribution in [1.82, 2.24) is 4.98 Å². The highest BCUT2D eigenvalue weighted by Crippen LogP contribution is 2.25. The SMILES string of the molecule is O=C(Nc1ccc(-c2ccc(C(=O)CC(CCc3ccccc3)C(=O)O)cc2)nc1)Nc1ccc(Cl)c(Cl)c1. The number of carbonyl (C=O) groups excluding carboxylic acids is 2. The predicted octanol–water partition coefficient (Wildman–Crippen LogP) is 7.61. The predicted molar refractivity (Wildman–Crippen MR) is 154 cm³/mol. The van der Waals surface area contributed by atoms with Gasteiger partial charge in [-0.25, -0.2) is 4.79 Å². The topological polar surface area (TPSA) is 108 Å². The number of anilines is 2. The average Bonchev–Trinajstić information content (AvgIpc) is 2.94. The van der Waals surface area contributed by atoms with Crippen molar-refractivity contribution in [2.24, 2.45) is 5.92 Å². The maximum absolute atomic E-state index is 12.8. The van der Waals surface area contributed by atoms with Crippen LogP contribution in [-0.2, 0) is 11.2 Å². The first-order valence-corrected chi connectivity index (χ1v) is 12.9. The summed E-state index contributed by atoms with van der Waals surface area (Å²) in [5.74, 6) is -1.95. The first-order chi connectivity index (χ1) is 18.8. The van der Waals surface area contributed by atoms with Gasteiger partial charge in [-0.1, -0.05) is 77.8 Å².